The van der Waals surface area contributed by atoms with Crippen LogP contribution in [-0.2, 0) is 14.8 Å². The van der Waals surface area contributed by atoms with Crippen molar-refractivity contribution >= 4 is 16.0 Å². The molecule has 1 unspecified atom stereocenters. The summed E-state index contributed by atoms with van der Waals surface area (Å²) < 4.78 is 24.9. The minimum atomic E-state index is -3.42. The minimum absolute atomic E-state index is 0.0360. The molecule has 1 rings (SSSR count). The Morgan fingerprint density at radius 2 is 2.06 bits per heavy atom. The predicted octanol–water partition coefficient (Wildman–Crippen LogP) is 1.06. The summed E-state index contributed by atoms with van der Waals surface area (Å²) in [5.41, 5.74) is -1.19. The number of hydrogen-bond acceptors (Lipinski definition) is 3. The largest absolute Gasteiger partial charge is 0.480 e. The van der Waals surface area contributed by atoms with Gasteiger partial charge in [0, 0.05) is 6.54 Å². The SMILES string of the molecule is CCCC1(C(=O)O)CCCN1S(=O)(=O)CC. The van der Waals surface area contributed by atoms with Gasteiger partial charge in [-0.1, -0.05) is 13.3 Å². The van der Waals surface area contributed by atoms with Crippen LogP contribution < -0.4 is 0 Å². The average molecular weight is 249 g/mol. The number of carbonyl (C=O) groups is 1. The van der Waals surface area contributed by atoms with Crippen molar-refractivity contribution in [3.63, 3.8) is 0 Å². The van der Waals surface area contributed by atoms with Gasteiger partial charge >= 0.3 is 5.97 Å². The third-order valence-corrected chi connectivity index (χ3v) is 5.12. The Morgan fingerprint density at radius 3 is 2.50 bits per heavy atom. The van der Waals surface area contributed by atoms with Gasteiger partial charge in [0.2, 0.25) is 10.0 Å². The molecule has 0 aromatic rings. The zero-order valence-corrected chi connectivity index (χ0v) is 10.6. The molecule has 1 aliphatic rings. The van der Waals surface area contributed by atoms with Crippen LogP contribution in [0.25, 0.3) is 0 Å². The lowest BCUT2D eigenvalue weighted by atomic mass is 9.92. The molecule has 0 bridgehead atoms. The summed E-state index contributed by atoms with van der Waals surface area (Å²) in [6.07, 6.45) is 2.12. The van der Waals surface area contributed by atoms with Crippen LogP contribution in [0, 0.1) is 0 Å². The highest BCUT2D eigenvalue weighted by Crippen LogP contribution is 2.36. The fraction of sp³-hybridized carbons (Fsp3) is 0.900. The second-order valence-corrected chi connectivity index (χ2v) is 6.34. The van der Waals surface area contributed by atoms with E-state index in [1.165, 1.54) is 4.31 Å². The van der Waals surface area contributed by atoms with Crippen LogP contribution in [0.15, 0.2) is 0 Å². The first-order valence-electron chi connectivity index (χ1n) is 5.64. The molecule has 0 spiro atoms. The molecule has 94 valence electrons. The lowest BCUT2D eigenvalue weighted by Gasteiger charge is -2.33. The van der Waals surface area contributed by atoms with Crippen molar-refractivity contribution in [3.8, 4) is 0 Å². The van der Waals surface area contributed by atoms with E-state index >= 15 is 0 Å². The van der Waals surface area contributed by atoms with Gasteiger partial charge in [-0.05, 0) is 26.2 Å². The Morgan fingerprint density at radius 1 is 1.44 bits per heavy atom. The summed E-state index contributed by atoms with van der Waals surface area (Å²) in [6.45, 7) is 3.76. The number of aliphatic carboxylic acids is 1. The van der Waals surface area contributed by atoms with Crippen LogP contribution in [0.5, 0.6) is 0 Å². The molecule has 0 radical (unpaired) electrons. The van der Waals surface area contributed by atoms with Gasteiger partial charge in [-0.15, -0.1) is 0 Å². The van der Waals surface area contributed by atoms with E-state index in [1.54, 1.807) is 6.92 Å². The highest BCUT2D eigenvalue weighted by atomic mass is 32.2. The summed E-state index contributed by atoms with van der Waals surface area (Å²) in [6, 6.07) is 0. The number of rotatable bonds is 5. The quantitative estimate of drug-likeness (QED) is 0.790. The number of carboxylic acid groups (broad SMARTS) is 1. The first-order chi connectivity index (χ1) is 7.40. The van der Waals surface area contributed by atoms with Crippen LogP contribution in [0.1, 0.15) is 39.5 Å². The van der Waals surface area contributed by atoms with Crippen molar-refractivity contribution in [1.82, 2.24) is 4.31 Å². The third kappa shape index (κ3) is 2.08. The van der Waals surface area contributed by atoms with Crippen LogP contribution in [0.3, 0.4) is 0 Å². The molecule has 0 aromatic heterocycles. The van der Waals surface area contributed by atoms with Crippen molar-refractivity contribution in [3.05, 3.63) is 0 Å². The fourth-order valence-corrected chi connectivity index (χ4v) is 3.91. The molecular formula is C10H19NO4S. The average Bonchev–Trinajstić information content (AvgIpc) is 2.64. The van der Waals surface area contributed by atoms with Crippen LogP contribution in [0.4, 0.5) is 0 Å². The molecule has 1 fully saturated rings. The first-order valence-corrected chi connectivity index (χ1v) is 7.25. The lowest BCUT2D eigenvalue weighted by Crippen LogP contribution is -2.53. The molecule has 1 aliphatic heterocycles. The van der Waals surface area contributed by atoms with Gasteiger partial charge in [0.05, 0.1) is 5.75 Å². The van der Waals surface area contributed by atoms with Gasteiger partial charge in [0.25, 0.3) is 0 Å². The molecule has 1 atom stereocenters. The topological polar surface area (TPSA) is 74.7 Å². The lowest BCUT2D eigenvalue weighted by molar-refractivity contribution is -0.147. The third-order valence-electron chi connectivity index (χ3n) is 3.19. The summed E-state index contributed by atoms with van der Waals surface area (Å²) in [4.78, 5) is 11.4. The van der Waals surface area contributed by atoms with Gasteiger partial charge in [-0.3, -0.25) is 4.79 Å². The first kappa shape index (κ1) is 13.4. The van der Waals surface area contributed by atoms with E-state index in [0.717, 1.165) is 0 Å². The Balaban J connectivity index is 3.13. The molecule has 1 heterocycles. The Kier molecular flexibility index (Phi) is 3.96. The van der Waals surface area contributed by atoms with Crippen molar-refractivity contribution in [2.45, 2.75) is 45.1 Å². The molecule has 0 amide bonds. The zero-order chi connectivity index (χ0) is 12.4. The van der Waals surface area contributed by atoms with E-state index in [9.17, 15) is 18.3 Å². The number of sulfonamides is 1. The maximum absolute atomic E-state index is 11.9. The van der Waals surface area contributed by atoms with E-state index in [2.05, 4.69) is 0 Å². The molecular weight excluding hydrogens is 230 g/mol. The van der Waals surface area contributed by atoms with E-state index in [-0.39, 0.29) is 5.75 Å². The Labute approximate surface area is 96.5 Å². The molecule has 5 nitrogen and oxygen atoms in total. The van der Waals surface area contributed by atoms with E-state index in [4.69, 9.17) is 0 Å². The monoisotopic (exact) mass is 249 g/mol. The molecule has 0 saturated carbocycles. The van der Waals surface area contributed by atoms with Gasteiger partial charge in [0.15, 0.2) is 0 Å². The fourth-order valence-electron chi connectivity index (χ4n) is 2.40. The van der Waals surface area contributed by atoms with E-state index < -0.39 is 21.5 Å². The van der Waals surface area contributed by atoms with Gasteiger partial charge in [0.1, 0.15) is 5.54 Å². The second kappa shape index (κ2) is 4.71. The van der Waals surface area contributed by atoms with Gasteiger partial charge in [-0.2, -0.15) is 4.31 Å². The summed E-state index contributed by atoms with van der Waals surface area (Å²) in [5, 5.41) is 9.32. The summed E-state index contributed by atoms with van der Waals surface area (Å²) >= 11 is 0. The highest BCUT2D eigenvalue weighted by molar-refractivity contribution is 7.89. The van der Waals surface area contributed by atoms with Crippen molar-refractivity contribution in [2.75, 3.05) is 12.3 Å². The summed E-state index contributed by atoms with van der Waals surface area (Å²) in [7, 11) is -3.42. The standard InChI is InChI=1S/C10H19NO4S/c1-3-6-10(9(12)13)7-5-8-11(10)16(14,15)4-2/h3-8H2,1-2H3,(H,12,13). The minimum Gasteiger partial charge on any atom is -0.480 e. The van der Waals surface area contributed by atoms with Crippen molar-refractivity contribution < 1.29 is 18.3 Å². The smallest absolute Gasteiger partial charge is 0.325 e. The molecule has 1 N–H and O–H groups in total. The number of nitrogens with zero attached hydrogens (tertiary/aromatic N) is 1. The Bertz CT molecular complexity index is 365. The van der Waals surface area contributed by atoms with Crippen LogP contribution in [0.2, 0.25) is 0 Å². The van der Waals surface area contributed by atoms with Gasteiger partial charge < -0.3 is 5.11 Å². The molecule has 0 aliphatic carbocycles. The number of hydrogen-bond donors (Lipinski definition) is 1. The zero-order valence-electron chi connectivity index (χ0n) is 9.77. The van der Waals surface area contributed by atoms with Crippen molar-refractivity contribution in [1.29, 1.82) is 0 Å². The van der Waals surface area contributed by atoms with E-state index in [1.807, 2.05) is 6.92 Å². The van der Waals surface area contributed by atoms with Crippen LogP contribution >= 0.6 is 0 Å². The number of carboxylic acids is 1. The van der Waals surface area contributed by atoms with E-state index in [0.29, 0.717) is 32.2 Å². The molecule has 0 aromatic carbocycles. The van der Waals surface area contributed by atoms with Crippen molar-refractivity contribution in [2.24, 2.45) is 0 Å². The molecule has 1 saturated heterocycles. The molecule has 6 heteroatoms. The molecule has 16 heavy (non-hydrogen) atoms. The Hall–Kier alpha value is -0.620. The van der Waals surface area contributed by atoms with Gasteiger partial charge in [-0.25, -0.2) is 8.42 Å². The summed E-state index contributed by atoms with van der Waals surface area (Å²) in [5.74, 6) is -1.05. The second-order valence-electron chi connectivity index (χ2n) is 4.16. The maximum atomic E-state index is 11.9. The normalized spacial score (nSPS) is 27.1. The maximum Gasteiger partial charge on any atom is 0.325 e. The van der Waals surface area contributed by atoms with Crippen LogP contribution in [-0.4, -0.2) is 41.6 Å². The predicted molar refractivity (Wildman–Crippen MR) is 60.7 cm³/mol. The highest BCUT2D eigenvalue weighted by Gasteiger charge is 2.51.